The first-order valence-electron chi connectivity index (χ1n) is 7.42. The van der Waals surface area contributed by atoms with E-state index in [9.17, 15) is 0 Å². The number of aromatic nitrogens is 2. The van der Waals surface area contributed by atoms with E-state index in [1.165, 1.54) is 47.7 Å². The molecule has 0 N–H and O–H groups in total. The third kappa shape index (κ3) is 1.96. The van der Waals surface area contributed by atoms with E-state index in [2.05, 4.69) is 28.8 Å². The number of hydrogen-bond acceptors (Lipinski definition) is 2. The molecule has 0 bridgehead atoms. The molecule has 1 saturated carbocycles. The van der Waals surface area contributed by atoms with Gasteiger partial charge in [-0.2, -0.15) is 5.10 Å². The second kappa shape index (κ2) is 4.34. The van der Waals surface area contributed by atoms with E-state index in [-0.39, 0.29) is 6.23 Å². The van der Waals surface area contributed by atoms with E-state index in [0.717, 1.165) is 18.9 Å². The van der Waals surface area contributed by atoms with Crippen molar-refractivity contribution in [2.75, 3.05) is 6.61 Å². The molecular weight excluding hydrogens is 236 g/mol. The number of nitrogens with zero attached hydrogens (tertiary/aromatic N) is 2. The molecule has 1 aliphatic carbocycles. The predicted molar refractivity (Wildman–Crippen MR) is 75.3 cm³/mol. The zero-order valence-electron chi connectivity index (χ0n) is 11.4. The summed E-state index contributed by atoms with van der Waals surface area (Å²) in [7, 11) is 0. The lowest BCUT2D eigenvalue weighted by Crippen LogP contribution is -2.19. The molecule has 1 saturated heterocycles. The zero-order valence-corrected chi connectivity index (χ0v) is 11.4. The van der Waals surface area contributed by atoms with E-state index in [1.54, 1.807) is 0 Å². The van der Waals surface area contributed by atoms with Crippen molar-refractivity contribution in [1.82, 2.24) is 9.78 Å². The highest BCUT2D eigenvalue weighted by molar-refractivity contribution is 5.81. The van der Waals surface area contributed by atoms with Crippen LogP contribution in [0, 0.1) is 6.92 Å². The van der Waals surface area contributed by atoms with Gasteiger partial charge in [0.05, 0.1) is 11.7 Å². The molecule has 1 unspecified atom stereocenters. The van der Waals surface area contributed by atoms with E-state index in [4.69, 9.17) is 4.74 Å². The third-order valence-corrected chi connectivity index (χ3v) is 4.43. The average Bonchev–Trinajstić information content (AvgIpc) is 3.20. The van der Waals surface area contributed by atoms with Gasteiger partial charge in [-0.25, -0.2) is 4.68 Å². The molecule has 1 aliphatic heterocycles. The summed E-state index contributed by atoms with van der Waals surface area (Å²) in [5.41, 5.74) is 4.16. The fourth-order valence-electron chi connectivity index (χ4n) is 3.20. The molecule has 100 valence electrons. The molecule has 2 fully saturated rings. The molecule has 3 heteroatoms. The maximum Gasteiger partial charge on any atom is 0.150 e. The van der Waals surface area contributed by atoms with E-state index < -0.39 is 0 Å². The van der Waals surface area contributed by atoms with Crippen molar-refractivity contribution in [3.63, 3.8) is 0 Å². The average molecular weight is 256 g/mol. The highest BCUT2D eigenvalue weighted by Gasteiger charge is 2.26. The van der Waals surface area contributed by atoms with E-state index in [1.807, 2.05) is 6.20 Å². The Morgan fingerprint density at radius 1 is 1.21 bits per heavy atom. The monoisotopic (exact) mass is 256 g/mol. The lowest BCUT2D eigenvalue weighted by molar-refractivity contribution is -0.0366. The minimum Gasteiger partial charge on any atom is -0.356 e. The van der Waals surface area contributed by atoms with Gasteiger partial charge in [-0.3, -0.25) is 0 Å². The van der Waals surface area contributed by atoms with Gasteiger partial charge >= 0.3 is 0 Å². The molecule has 1 aromatic heterocycles. The maximum atomic E-state index is 5.86. The van der Waals surface area contributed by atoms with Crippen LogP contribution in [0.15, 0.2) is 18.3 Å². The van der Waals surface area contributed by atoms with Crippen molar-refractivity contribution in [2.45, 2.75) is 51.2 Å². The summed E-state index contributed by atoms with van der Waals surface area (Å²) >= 11 is 0. The molecule has 1 atom stereocenters. The summed E-state index contributed by atoms with van der Waals surface area (Å²) < 4.78 is 7.94. The Bertz CT molecular complexity index is 606. The van der Waals surface area contributed by atoms with E-state index in [0.29, 0.717) is 0 Å². The topological polar surface area (TPSA) is 27.1 Å². The Hall–Kier alpha value is -1.35. The Morgan fingerprint density at radius 2 is 2.11 bits per heavy atom. The highest BCUT2D eigenvalue weighted by atomic mass is 16.5. The van der Waals surface area contributed by atoms with Crippen molar-refractivity contribution >= 4 is 10.9 Å². The summed E-state index contributed by atoms with van der Waals surface area (Å²) in [6.07, 6.45) is 8.35. The van der Waals surface area contributed by atoms with Gasteiger partial charge < -0.3 is 4.74 Å². The van der Waals surface area contributed by atoms with Crippen molar-refractivity contribution in [2.24, 2.45) is 0 Å². The van der Waals surface area contributed by atoms with Crippen LogP contribution in [0.1, 0.15) is 55.4 Å². The fourth-order valence-corrected chi connectivity index (χ4v) is 3.20. The molecule has 1 aromatic carbocycles. The number of hydrogen-bond donors (Lipinski definition) is 0. The Labute approximate surface area is 113 Å². The van der Waals surface area contributed by atoms with Gasteiger partial charge in [0.15, 0.2) is 6.23 Å². The first-order valence-corrected chi connectivity index (χ1v) is 7.42. The molecule has 2 aromatic rings. The molecule has 4 rings (SSSR count). The van der Waals surface area contributed by atoms with Crippen LogP contribution in [0.3, 0.4) is 0 Å². The van der Waals surface area contributed by atoms with Crippen LogP contribution < -0.4 is 0 Å². The molecule has 0 spiro atoms. The summed E-state index contributed by atoms with van der Waals surface area (Å²) in [6, 6.07) is 4.64. The van der Waals surface area contributed by atoms with Gasteiger partial charge in [0.25, 0.3) is 0 Å². The lowest BCUT2D eigenvalue weighted by Gasteiger charge is -2.23. The van der Waals surface area contributed by atoms with Gasteiger partial charge in [0.2, 0.25) is 0 Å². The summed E-state index contributed by atoms with van der Waals surface area (Å²) in [4.78, 5) is 0. The summed E-state index contributed by atoms with van der Waals surface area (Å²) in [6.45, 7) is 3.09. The first-order chi connectivity index (χ1) is 9.33. The smallest absolute Gasteiger partial charge is 0.150 e. The Kier molecular flexibility index (Phi) is 2.62. The highest BCUT2D eigenvalue weighted by Crippen LogP contribution is 2.42. The number of ether oxygens (including phenoxy) is 1. The second-order valence-corrected chi connectivity index (χ2v) is 5.95. The molecule has 0 amide bonds. The molecular formula is C16H20N2O. The van der Waals surface area contributed by atoms with Gasteiger partial charge in [0.1, 0.15) is 0 Å². The van der Waals surface area contributed by atoms with Crippen LogP contribution in [-0.2, 0) is 4.74 Å². The normalized spacial score (nSPS) is 23.9. The molecule has 2 heterocycles. The fraction of sp³-hybridized carbons (Fsp3) is 0.562. The largest absolute Gasteiger partial charge is 0.356 e. The maximum absolute atomic E-state index is 5.86. The van der Waals surface area contributed by atoms with Crippen LogP contribution in [-0.4, -0.2) is 16.4 Å². The number of benzene rings is 1. The van der Waals surface area contributed by atoms with Gasteiger partial charge in [-0.15, -0.1) is 0 Å². The second-order valence-electron chi connectivity index (χ2n) is 5.95. The zero-order chi connectivity index (χ0) is 12.8. The number of aryl methyl sites for hydroxylation is 1. The summed E-state index contributed by atoms with van der Waals surface area (Å²) in [5, 5.41) is 5.84. The minimum absolute atomic E-state index is 0.137. The van der Waals surface area contributed by atoms with Crippen LogP contribution in [0.5, 0.6) is 0 Å². The van der Waals surface area contributed by atoms with Crippen molar-refractivity contribution < 1.29 is 4.74 Å². The minimum atomic E-state index is 0.137. The predicted octanol–water partition coefficient (Wildman–Crippen LogP) is 3.92. The number of rotatable bonds is 2. The molecule has 19 heavy (non-hydrogen) atoms. The number of fused-ring (bicyclic) bond motifs is 1. The van der Waals surface area contributed by atoms with Gasteiger partial charge in [0, 0.05) is 12.0 Å². The lowest BCUT2D eigenvalue weighted by atomic mass is 10.0. The van der Waals surface area contributed by atoms with Crippen LogP contribution in [0.2, 0.25) is 0 Å². The van der Waals surface area contributed by atoms with Crippen molar-refractivity contribution in [3.05, 3.63) is 29.5 Å². The van der Waals surface area contributed by atoms with Crippen LogP contribution in [0.25, 0.3) is 10.9 Å². The SMILES string of the molecule is Cc1cc2c(cnn2C2CCCCO2)cc1C1CC1. The van der Waals surface area contributed by atoms with Crippen LogP contribution >= 0.6 is 0 Å². The summed E-state index contributed by atoms with van der Waals surface area (Å²) in [5.74, 6) is 0.804. The standard InChI is InChI=1S/C16H20N2O/c1-11-8-15-13(9-14(11)12-5-6-12)10-17-18(15)16-4-2-3-7-19-16/h8-10,12,16H,2-7H2,1H3. The van der Waals surface area contributed by atoms with Crippen LogP contribution in [0.4, 0.5) is 0 Å². The van der Waals surface area contributed by atoms with Crippen molar-refractivity contribution in [3.8, 4) is 0 Å². The van der Waals surface area contributed by atoms with E-state index >= 15 is 0 Å². The van der Waals surface area contributed by atoms with Gasteiger partial charge in [-0.05, 0) is 68.2 Å². The first kappa shape index (κ1) is 11.5. The molecule has 0 radical (unpaired) electrons. The Morgan fingerprint density at radius 3 is 2.84 bits per heavy atom. The van der Waals surface area contributed by atoms with Gasteiger partial charge in [-0.1, -0.05) is 0 Å². The quantitative estimate of drug-likeness (QED) is 0.814. The third-order valence-electron chi connectivity index (χ3n) is 4.43. The van der Waals surface area contributed by atoms with Crippen molar-refractivity contribution in [1.29, 1.82) is 0 Å². The molecule has 2 aliphatic rings. The molecule has 3 nitrogen and oxygen atoms in total. The Balaban J connectivity index is 1.77.